The fourth-order valence-corrected chi connectivity index (χ4v) is 3.63. The number of amides is 2. The molecule has 0 unspecified atom stereocenters. The first-order chi connectivity index (χ1) is 12.0. The minimum Gasteiger partial charge on any atom is -0.507 e. The van der Waals surface area contributed by atoms with E-state index in [1.807, 2.05) is 52.9 Å². The number of phenols is 1. The number of hydrogen-bond donors (Lipinski definition) is 1. The molecule has 1 saturated heterocycles. The van der Waals surface area contributed by atoms with E-state index in [1.165, 1.54) is 4.90 Å². The zero-order valence-electron chi connectivity index (χ0n) is 13.0. The van der Waals surface area contributed by atoms with Crippen LogP contribution < -0.4 is 4.74 Å². The molecule has 2 aromatic carbocycles. The lowest BCUT2D eigenvalue weighted by molar-refractivity contribution is -0.123. The lowest BCUT2D eigenvalue weighted by Crippen LogP contribution is -2.32. The van der Waals surface area contributed by atoms with Crippen molar-refractivity contribution in [1.82, 2.24) is 4.90 Å². The summed E-state index contributed by atoms with van der Waals surface area (Å²) in [4.78, 5) is 26.1. The second-order valence-corrected chi connectivity index (χ2v) is 7.36. The average molecular weight is 467 g/mol. The van der Waals surface area contributed by atoms with Crippen molar-refractivity contribution in [2.24, 2.45) is 0 Å². The Hall–Kier alpha value is -2.00. The van der Waals surface area contributed by atoms with Gasteiger partial charge in [-0.1, -0.05) is 24.3 Å². The first-order valence-corrected chi connectivity index (χ1v) is 9.36. The van der Waals surface area contributed by atoms with E-state index in [1.54, 1.807) is 24.3 Å². The van der Waals surface area contributed by atoms with Crippen LogP contribution in [0.3, 0.4) is 0 Å². The van der Waals surface area contributed by atoms with Crippen LogP contribution in [0.4, 0.5) is 4.79 Å². The van der Waals surface area contributed by atoms with Crippen molar-refractivity contribution in [2.45, 2.75) is 0 Å². The molecule has 0 bridgehead atoms. The molecule has 2 amide bonds. The highest BCUT2D eigenvalue weighted by Crippen LogP contribution is 2.32. The van der Waals surface area contributed by atoms with Crippen LogP contribution in [0.15, 0.2) is 53.4 Å². The number of imide groups is 1. The van der Waals surface area contributed by atoms with Crippen molar-refractivity contribution in [3.05, 3.63) is 62.6 Å². The van der Waals surface area contributed by atoms with Gasteiger partial charge in [0.15, 0.2) is 0 Å². The summed E-state index contributed by atoms with van der Waals surface area (Å²) < 4.78 is 6.23. The van der Waals surface area contributed by atoms with Crippen LogP contribution in [-0.2, 0) is 4.79 Å². The van der Waals surface area contributed by atoms with Crippen molar-refractivity contribution in [3.63, 3.8) is 0 Å². The Kier molecular flexibility index (Phi) is 5.64. The van der Waals surface area contributed by atoms with Gasteiger partial charge in [0.2, 0.25) is 0 Å². The molecule has 0 aliphatic carbocycles. The number of benzene rings is 2. The van der Waals surface area contributed by atoms with Crippen LogP contribution in [0.25, 0.3) is 6.08 Å². The number of para-hydroxylation sites is 1. The second-order valence-electron chi connectivity index (χ2n) is 5.21. The molecule has 1 aliphatic heterocycles. The fourth-order valence-electron chi connectivity index (χ4n) is 2.23. The molecule has 2 aromatic rings. The maximum absolute atomic E-state index is 12.4. The highest BCUT2D eigenvalue weighted by atomic mass is 127. The molecule has 25 heavy (non-hydrogen) atoms. The molecule has 0 aromatic heterocycles. The van der Waals surface area contributed by atoms with Gasteiger partial charge in [0.1, 0.15) is 18.1 Å². The third-order valence-electron chi connectivity index (χ3n) is 3.47. The number of halogens is 1. The number of thioether (sulfide) groups is 1. The van der Waals surface area contributed by atoms with E-state index in [0.29, 0.717) is 14.2 Å². The quantitative estimate of drug-likeness (QED) is 0.530. The predicted octanol–water partition coefficient (Wildman–Crippen LogP) is 4.11. The minimum atomic E-state index is -0.324. The van der Waals surface area contributed by atoms with Gasteiger partial charge in [-0.25, -0.2) is 0 Å². The van der Waals surface area contributed by atoms with Gasteiger partial charge in [0.05, 0.1) is 15.0 Å². The van der Waals surface area contributed by atoms with Gasteiger partial charge in [-0.2, -0.15) is 0 Å². The van der Waals surface area contributed by atoms with Gasteiger partial charge < -0.3 is 9.84 Å². The molecule has 7 heteroatoms. The summed E-state index contributed by atoms with van der Waals surface area (Å²) in [5, 5.41) is 9.25. The Bertz CT molecular complexity index is 838. The van der Waals surface area contributed by atoms with E-state index < -0.39 is 0 Å². The van der Waals surface area contributed by atoms with E-state index in [9.17, 15) is 14.7 Å². The van der Waals surface area contributed by atoms with Gasteiger partial charge in [0, 0.05) is 0 Å². The Labute approximate surface area is 162 Å². The van der Waals surface area contributed by atoms with Gasteiger partial charge in [-0.05, 0) is 70.3 Å². The second kappa shape index (κ2) is 7.92. The van der Waals surface area contributed by atoms with Gasteiger partial charge in [-0.3, -0.25) is 14.5 Å². The molecule has 1 aliphatic rings. The number of phenolic OH excluding ortho intramolecular Hbond substituents is 1. The number of hydrogen-bond acceptors (Lipinski definition) is 5. The average Bonchev–Trinajstić information content (AvgIpc) is 2.86. The lowest BCUT2D eigenvalue weighted by Gasteiger charge is -2.13. The summed E-state index contributed by atoms with van der Waals surface area (Å²) in [6, 6.07) is 14.3. The van der Waals surface area contributed by atoms with Gasteiger partial charge in [-0.15, -0.1) is 0 Å². The molecule has 1 fully saturated rings. The van der Waals surface area contributed by atoms with Crippen LogP contribution in [-0.4, -0.2) is 34.3 Å². The van der Waals surface area contributed by atoms with E-state index in [4.69, 9.17) is 4.74 Å². The molecule has 5 nitrogen and oxygen atoms in total. The van der Waals surface area contributed by atoms with Crippen molar-refractivity contribution in [3.8, 4) is 11.5 Å². The van der Waals surface area contributed by atoms with Crippen LogP contribution in [0.5, 0.6) is 11.5 Å². The molecule has 0 spiro atoms. The smallest absolute Gasteiger partial charge is 0.293 e. The molecular formula is C18H14INO4S. The highest BCUT2D eigenvalue weighted by Gasteiger charge is 2.34. The first-order valence-electron chi connectivity index (χ1n) is 7.46. The summed E-state index contributed by atoms with van der Waals surface area (Å²) in [5.41, 5.74) is 0.758. The zero-order valence-corrected chi connectivity index (χ0v) is 16.0. The van der Waals surface area contributed by atoms with Crippen LogP contribution in [0.2, 0.25) is 0 Å². The summed E-state index contributed by atoms with van der Waals surface area (Å²) in [6.07, 6.45) is 1.66. The predicted molar refractivity (Wildman–Crippen MR) is 105 cm³/mol. The van der Waals surface area contributed by atoms with Crippen LogP contribution >= 0.6 is 34.4 Å². The Morgan fingerprint density at radius 3 is 2.64 bits per heavy atom. The maximum Gasteiger partial charge on any atom is 0.293 e. The topological polar surface area (TPSA) is 66.8 Å². The highest BCUT2D eigenvalue weighted by molar-refractivity contribution is 14.1. The molecule has 3 rings (SSSR count). The molecule has 1 heterocycles. The van der Waals surface area contributed by atoms with E-state index in [-0.39, 0.29) is 30.0 Å². The van der Waals surface area contributed by atoms with Gasteiger partial charge >= 0.3 is 0 Å². The third-order valence-corrected chi connectivity index (χ3v) is 5.24. The van der Waals surface area contributed by atoms with Crippen LogP contribution in [0.1, 0.15) is 5.56 Å². The van der Waals surface area contributed by atoms with Crippen molar-refractivity contribution in [1.29, 1.82) is 0 Å². The van der Waals surface area contributed by atoms with Crippen molar-refractivity contribution < 1.29 is 19.4 Å². The Balaban J connectivity index is 1.65. The largest absolute Gasteiger partial charge is 0.507 e. The lowest BCUT2D eigenvalue weighted by atomic mass is 10.2. The Morgan fingerprint density at radius 2 is 1.92 bits per heavy atom. The fraction of sp³-hybridized carbons (Fsp3) is 0.111. The minimum absolute atomic E-state index is 0.184. The molecule has 0 saturated carbocycles. The van der Waals surface area contributed by atoms with Gasteiger partial charge in [0.25, 0.3) is 11.1 Å². The molecule has 0 atom stereocenters. The van der Waals surface area contributed by atoms with E-state index in [0.717, 1.165) is 17.3 Å². The summed E-state index contributed by atoms with van der Waals surface area (Å²) in [6.45, 7) is 0.441. The maximum atomic E-state index is 12.4. The number of carbonyl (C=O) groups is 2. The molecule has 128 valence electrons. The molecule has 1 N–H and O–H groups in total. The standard InChI is InChI=1S/C18H14INO4S/c19-14-10-12(6-7-15(14)21)11-16-17(22)20(18(23)25-16)8-9-24-13-4-2-1-3-5-13/h1-7,10-11,21H,8-9H2/b16-11-. The summed E-state index contributed by atoms with van der Waals surface area (Å²) in [7, 11) is 0. The molecule has 0 radical (unpaired) electrons. The SMILES string of the molecule is O=C1S/C(=C\c2ccc(O)c(I)c2)C(=O)N1CCOc1ccccc1. The number of ether oxygens (including phenoxy) is 1. The zero-order chi connectivity index (χ0) is 17.8. The number of rotatable bonds is 5. The van der Waals surface area contributed by atoms with Crippen molar-refractivity contribution in [2.75, 3.05) is 13.2 Å². The molecular weight excluding hydrogens is 453 g/mol. The Morgan fingerprint density at radius 1 is 1.16 bits per heavy atom. The monoisotopic (exact) mass is 467 g/mol. The first kappa shape index (κ1) is 17.8. The van der Waals surface area contributed by atoms with E-state index >= 15 is 0 Å². The number of aromatic hydroxyl groups is 1. The summed E-state index contributed by atoms with van der Waals surface area (Å²) in [5.74, 6) is 0.558. The van der Waals surface area contributed by atoms with E-state index in [2.05, 4.69) is 0 Å². The van der Waals surface area contributed by atoms with Crippen molar-refractivity contribution >= 4 is 51.6 Å². The summed E-state index contributed by atoms with van der Waals surface area (Å²) >= 11 is 2.92. The number of nitrogens with zero attached hydrogens (tertiary/aromatic N) is 1. The third kappa shape index (κ3) is 4.35. The van der Waals surface area contributed by atoms with Crippen LogP contribution in [0, 0.1) is 3.57 Å². The normalized spacial score (nSPS) is 15.9. The number of carbonyl (C=O) groups excluding carboxylic acids is 2.